The SMILES string of the molecule is Cc1ccc(N/N=C\c2ccco2)cc1. The van der Waals surface area contributed by atoms with Crippen LogP contribution < -0.4 is 5.43 Å². The fraction of sp³-hybridized carbons (Fsp3) is 0.0833. The topological polar surface area (TPSA) is 37.5 Å². The van der Waals surface area contributed by atoms with Gasteiger partial charge >= 0.3 is 0 Å². The summed E-state index contributed by atoms with van der Waals surface area (Å²) in [4.78, 5) is 0. The molecule has 1 N–H and O–H groups in total. The van der Waals surface area contributed by atoms with Crippen molar-refractivity contribution >= 4 is 11.9 Å². The number of aryl methyl sites for hydroxylation is 1. The lowest BCUT2D eigenvalue weighted by Crippen LogP contribution is -1.89. The molecule has 0 aliphatic heterocycles. The van der Waals surface area contributed by atoms with E-state index in [9.17, 15) is 0 Å². The lowest BCUT2D eigenvalue weighted by Gasteiger charge is -1.99. The summed E-state index contributed by atoms with van der Waals surface area (Å²) in [7, 11) is 0. The third-order valence-corrected chi connectivity index (χ3v) is 1.98. The average molecular weight is 200 g/mol. The highest BCUT2D eigenvalue weighted by molar-refractivity contribution is 5.76. The van der Waals surface area contributed by atoms with Gasteiger partial charge in [0, 0.05) is 0 Å². The van der Waals surface area contributed by atoms with Crippen molar-refractivity contribution in [2.75, 3.05) is 5.43 Å². The van der Waals surface area contributed by atoms with Crippen LogP contribution in [0.4, 0.5) is 5.69 Å². The summed E-state index contributed by atoms with van der Waals surface area (Å²) in [6.45, 7) is 2.05. The van der Waals surface area contributed by atoms with Crippen LogP contribution in [0.2, 0.25) is 0 Å². The van der Waals surface area contributed by atoms with E-state index in [-0.39, 0.29) is 0 Å². The number of furan rings is 1. The number of hydrogen-bond acceptors (Lipinski definition) is 3. The fourth-order valence-corrected chi connectivity index (χ4v) is 1.16. The van der Waals surface area contributed by atoms with E-state index in [0.717, 1.165) is 11.4 Å². The molecule has 0 aliphatic rings. The molecule has 0 amide bonds. The molecule has 0 saturated carbocycles. The second-order valence-electron chi connectivity index (χ2n) is 3.25. The fourth-order valence-electron chi connectivity index (χ4n) is 1.16. The highest BCUT2D eigenvalue weighted by Crippen LogP contribution is 2.08. The molecule has 0 bridgehead atoms. The number of hydrazone groups is 1. The predicted molar refractivity (Wildman–Crippen MR) is 61.1 cm³/mol. The molecule has 0 fully saturated rings. The summed E-state index contributed by atoms with van der Waals surface area (Å²) in [6.07, 6.45) is 3.26. The van der Waals surface area contributed by atoms with Gasteiger partial charge in [-0.3, -0.25) is 5.43 Å². The van der Waals surface area contributed by atoms with Crippen LogP contribution in [-0.4, -0.2) is 6.21 Å². The monoisotopic (exact) mass is 200 g/mol. The molecule has 0 aliphatic carbocycles. The first-order chi connectivity index (χ1) is 7.34. The highest BCUT2D eigenvalue weighted by Gasteiger charge is 1.89. The average Bonchev–Trinajstić information content (AvgIpc) is 2.74. The van der Waals surface area contributed by atoms with E-state index < -0.39 is 0 Å². The Bertz CT molecular complexity index is 429. The van der Waals surface area contributed by atoms with Crippen LogP contribution in [0.25, 0.3) is 0 Å². The zero-order valence-electron chi connectivity index (χ0n) is 8.47. The van der Waals surface area contributed by atoms with Gasteiger partial charge in [-0.05, 0) is 31.2 Å². The van der Waals surface area contributed by atoms with E-state index in [0.29, 0.717) is 0 Å². The molecule has 0 unspecified atom stereocenters. The van der Waals surface area contributed by atoms with Crippen molar-refractivity contribution in [3.63, 3.8) is 0 Å². The van der Waals surface area contributed by atoms with Crippen LogP contribution in [0.3, 0.4) is 0 Å². The van der Waals surface area contributed by atoms with Gasteiger partial charge in [0.05, 0.1) is 18.2 Å². The molecular weight excluding hydrogens is 188 g/mol. The molecule has 1 heterocycles. The molecule has 2 rings (SSSR count). The smallest absolute Gasteiger partial charge is 0.146 e. The largest absolute Gasteiger partial charge is 0.463 e. The highest BCUT2D eigenvalue weighted by atomic mass is 16.3. The quantitative estimate of drug-likeness (QED) is 0.610. The first-order valence-corrected chi connectivity index (χ1v) is 4.74. The lowest BCUT2D eigenvalue weighted by molar-refractivity contribution is 0.560. The maximum Gasteiger partial charge on any atom is 0.146 e. The Morgan fingerprint density at radius 3 is 2.67 bits per heavy atom. The van der Waals surface area contributed by atoms with Crippen molar-refractivity contribution < 1.29 is 4.42 Å². The molecule has 1 aromatic heterocycles. The van der Waals surface area contributed by atoms with Crippen LogP contribution in [0.1, 0.15) is 11.3 Å². The number of hydrogen-bond donors (Lipinski definition) is 1. The molecular formula is C12H12N2O. The normalized spacial score (nSPS) is 10.7. The molecule has 0 atom stereocenters. The van der Waals surface area contributed by atoms with E-state index in [1.54, 1.807) is 12.5 Å². The molecule has 3 heteroatoms. The van der Waals surface area contributed by atoms with Crippen LogP contribution in [0, 0.1) is 6.92 Å². The summed E-state index contributed by atoms with van der Waals surface area (Å²) >= 11 is 0. The van der Waals surface area contributed by atoms with Crippen molar-refractivity contribution in [1.82, 2.24) is 0 Å². The lowest BCUT2D eigenvalue weighted by atomic mass is 10.2. The van der Waals surface area contributed by atoms with Crippen molar-refractivity contribution in [3.8, 4) is 0 Å². The van der Waals surface area contributed by atoms with E-state index in [2.05, 4.69) is 17.5 Å². The molecule has 2 aromatic rings. The minimum atomic E-state index is 0.731. The van der Waals surface area contributed by atoms with E-state index in [1.165, 1.54) is 5.56 Å². The van der Waals surface area contributed by atoms with Gasteiger partial charge in [0.25, 0.3) is 0 Å². The molecule has 0 spiro atoms. The van der Waals surface area contributed by atoms with Crippen molar-refractivity contribution in [1.29, 1.82) is 0 Å². The van der Waals surface area contributed by atoms with Crippen LogP contribution >= 0.6 is 0 Å². The first kappa shape index (κ1) is 9.52. The minimum absolute atomic E-state index is 0.731. The maximum atomic E-state index is 5.10. The van der Waals surface area contributed by atoms with Gasteiger partial charge in [0.2, 0.25) is 0 Å². The zero-order chi connectivity index (χ0) is 10.5. The minimum Gasteiger partial charge on any atom is -0.463 e. The van der Waals surface area contributed by atoms with Crippen LogP contribution in [-0.2, 0) is 0 Å². The van der Waals surface area contributed by atoms with E-state index >= 15 is 0 Å². The second kappa shape index (κ2) is 4.46. The van der Waals surface area contributed by atoms with Gasteiger partial charge in [0.15, 0.2) is 0 Å². The van der Waals surface area contributed by atoms with Crippen LogP contribution in [0.15, 0.2) is 52.2 Å². The third kappa shape index (κ3) is 2.71. The summed E-state index contributed by atoms with van der Waals surface area (Å²) in [6, 6.07) is 11.7. The number of nitrogens with one attached hydrogen (secondary N) is 1. The summed E-state index contributed by atoms with van der Waals surface area (Å²) in [5, 5.41) is 4.04. The summed E-state index contributed by atoms with van der Waals surface area (Å²) in [5.41, 5.74) is 5.11. The van der Waals surface area contributed by atoms with Crippen molar-refractivity contribution in [3.05, 3.63) is 54.0 Å². The summed E-state index contributed by atoms with van der Waals surface area (Å²) in [5.74, 6) is 0.731. The number of rotatable bonds is 3. The number of anilines is 1. The Kier molecular flexibility index (Phi) is 2.83. The standard InChI is InChI=1S/C12H12N2O/c1-10-4-6-11(7-5-10)14-13-9-12-3-2-8-15-12/h2-9,14H,1H3/b13-9-. The maximum absolute atomic E-state index is 5.10. The van der Waals surface area contributed by atoms with Crippen molar-refractivity contribution in [2.45, 2.75) is 6.92 Å². The van der Waals surface area contributed by atoms with Crippen molar-refractivity contribution in [2.24, 2.45) is 5.10 Å². The second-order valence-corrected chi connectivity index (χ2v) is 3.25. The number of nitrogens with zero attached hydrogens (tertiary/aromatic N) is 1. The third-order valence-electron chi connectivity index (χ3n) is 1.98. The Labute approximate surface area is 88.4 Å². The first-order valence-electron chi connectivity index (χ1n) is 4.74. The molecule has 1 aromatic carbocycles. The van der Waals surface area contributed by atoms with Gasteiger partial charge in [-0.15, -0.1) is 0 Å². The Balaban J connectivity index is 1.96. The van der Waals surface area contributed by atoms with Gasteiger partial charge in [-0.2, -0.15) is 5.10 Å². The Morgan fingerprint density at radius 1 is 1.20 bits per heavy atom. The molecule has 15 heavy (non-hydrogen) atoms. The van der Waals surface area contributed by atoms with Crippen LogP contribution in [0.5, 0.6) is 0 Å². The van der Waals surface area contributed by atoms with Gasteiger partial charge in [-0.1, -0.05) is 17.7 Å². The number of benzene rings is 1. The van der Waals surface area contributed by atoms with Gasteiger partial charge < -0.3 is 4.42 Å². The van der Waals surface area contributed by atoms with Gasteiger partial charge in [-0.25, -0.2) is 0 Å². The molecule has 0 saturated heterocycles. The zero-order valence-corrected chi connectivity index (χ0v) is 8.47. The van der Waals surface area contributed by atoms with E-state index in [4.69, 9.17) is 4.42 Å². The molecule has 0 radical (unpaired) electrons. The summed E-state index contributed by atoms with van der Waals surface area (Å²) < 4.78 is 5.10. The molecule has 76 valence electrons. The Hall–Kier alpha value is -2.03. The Morgan fingerprint density at radius 2 is 2.00 bits per heavy atom. The van der Waals surface area contributed by atoms with E-state index in [1.807, 2.05) is 36.4 Å². The predicted octanol–water partition coefficient (Wildman–Crippen LogP) is 3.03. The molecule has 3 nitrogen and oxygen atoms in total. The van der Waals surface area contributed by atoms with Gasteiger partial charge in [0.1, 0.15) is 5.76 Å².